The summed E-state index contributed by atoms with van der Waals surface area (Å²) in [6.07, 6.45) is 2.91. The number of imidazole rings is 1. The van der Waals surface area contributed by atoms with E-state index in [-0.39, 0.29) is 12.3 Å². The number of carbonyl (C=O) groups excluding carboxylic acids is 1. The SMILES string of the molecule is Cc1oc(-c2cccs2)nc1CC(=O)NCCCn1cnc2ccccc21. The van der Waals surface area contributed by atoms with E-state index in [0.29, 0.717) is 23.9 Å². The zero-order valence-electron chi connectivity index (χ0n) is 15.0. The number of hydrogen-bond donors (Lipinski definition) is 1. The van der Waals surface area contributed by atoms with Crippen molar-refractivity contribution in [1.29, 1.82) is 0 Å². The molecule has 27 heavy (non-hydrogen) atoms. The van der Waals surface area contributed by atoms with Crippen LogP contribution in [0.1, 0.15) is 17.9 Å². The molecular weight excluding hydrogens is 360 g/mol. The summed E-state index contributed by atoms with van der Waals surface area (Å²) in [4.78, 5) is 22.0. The summed E-state index contributed by atoms with van der Waals surface area (Å²) in [7, 11) is 0. The summed E-state index contributed by atoms with van der Waals surface area (Å²) in [5.74, 6) is 1.23. The number of thiophene rings is 1. The number of nitrogens with one attached hydrogen (secondary N) is 1. The lowest BCUT2D eigenvalue weighted by molar-refractivity contribution is -0.120. The first-order valence-electron chi connectivity index (χ1n) is 8.87. The van der Waals surface area contributed by atoms with Gasteiger partial charge < -0.3 is 14.3 Å². The lowest BCUT2D eigenvalue weighted by atomic mass is 10.2. The van der Waals surface area contributed by atoms with Gasteiger partial charge >= 0.3 is 0 Å². The number of carbonyl (C=O) groups is 1. The van der Waals surface area contributed by atoms with Gasteiger partial charge in [-0.3, -0.25) is 4.79 Å². The van der Waals surface area contributed by atoms with E-state index in [1.807, 2.05) is 49.0 Å². The summed E-state index contributed by atoms with van der Waals surface area (Å²) < 4.78 is 7.79. The Labute approximate surface area is 160 Å². The van der Waals surface area contributed by atoms with Crippen LogP contribution in [0.5, 0.6) is 0 Å². The van der Waals surface area contributed by atoms with E-state index >= 15 is 0 Å². The largest absolute Gasteiger partial charge is 0.440 e. The van der Waals surface area contributed by atoms with E-state index in [9.17, 15) is 4.79 Å². The number of oxazole rings is 1. The molecule has 3 heterocycles. The van der Waals surface area contributed by atoms with Crippen LogP contribution < -0.4 is 5.32 Å². The molecule has 0 aliphatic heterocycles. The minimum absolute atomic E-state index is 0.0420. The Bertz CT molecular complexity index is 1050. The Morgan fingerprint density at radius 3 is 3.00 bits per heavy atom. The van der Waals surface area contributed by atoms with Gasteiger partial charge in [-0.25, -0.2) is 9.97 Å². The van der Waals surface area contributed by atoms with Crippen LogP contribution in [0.3, 0.4) is 0 Å². The highest BCUT2D eigenvalue weighted by atomic mass is 32.1. The molecule has 1 amide bonds. The van der Waals surface area contributed by atoms with Crippen LogP contribution >= 0.6 is 11.3 Å². The molecule has 3 aromatic heterocycles. The van der Waals surface area contributed by atoms with Crippen LogP contribution in [0.15, 0.2) is 52.5 Å². The second-order valence-electron chi connectivity index (χ2n) is 6.31. The van der Waals surface area contributed by atoms with Crippen molar-refractivity contribution in [3.05, 3.63) is 59.6 Å². The highest BCUT2D eigenvalue weighted by molar-refractivity contribution is 7.13. The third-order valence-electron chi connectivity index (χ3n) is 4.38. The van der Waals surface area contributed by atoms with E-state index < -0.39 is 0 Å². The maximum absolute atomic E-state index is 12.2. The van der Waals surface area contributed by atoms with Crippen molar-refractivity contribution in [3.63, 3.8) is 0 Å². The molecule has 0 bridgehead atoms. The molecule has 0 spiro atoms. The molecule has 0 atom stereocenters. The number of aryl methyl sites for hydroxylation is 2. The average molecular weight is 380 g/mol. The van der Waals surface area contributed by atoms with Crippen LogP contribution in [-0.2, 0) is 17.8 Å². The Hall–Kier alpha value is -2.93. The Kier molecular flexibility index (Phi) is 5.02. The molecule has 0 fully saturated rings. The van der Waals surface area contributed by atoms with Gasteiger partial charge in [-0.2, -0.15) is 0 Å². The zero-order valence-corrected chi connectivity index (χ0v) is 15.8. The fourth-order valence-corrected chi connectivity index (χ4v) is 3.63. The number of fused-ring (bicyclic) bond motifs is 1. The second kappa shape index (κ2) is 7.75. The van der Waals surface area contributed by atoms with Crippen molar-refractivity contribution >= 4 is 28.3 Å². The third-order valence-corrected chi connectivity index (χ3v) is 5.24. The van der Waals surface area contributed by atoms with Crippen LogP contribution in [-0.4, -0.2) is 27.0 Å². The zero-order chi connectivity index (χ0) is 18.6. The van der Waals surface area contributed by atoms with Crippen LogP contribution in [0.2, 0.25) is 0 Å². The van der Waals surface area contributed by atoms with Crippen molar-refractivity contribution in [2.45, 2.75) is 26.3 Å². The molecule has 0 aliphatic carbocycles. The fourth-order valence-electron chi connectivity index (χ4n) is 2.98. The number of benzene rings is 1. The van der Waals surface area contributed by atoms with Gasteiger partial charge in [0.1, 0.15) is 5.76 Å². The Morgan fingerprint density at radius 2 is 2.15 bits per heavy atom. The van der Waals surface area contributed by atoms with E-state index in [1.165, 1.54) is 0 Å². The first-order valence-corrected chi connectivity index (χ1v) is 9.75. The molecular formula is C20H20N4O2S. The number of para-hydroxylation sites is 2. The molecule has 0 saturated carbocycles. The highest BCUT2D eigenvalue weighted by Crippen LogP contribution is 2.26. The Balaban J connectivity index is 1.28. The number of amides is 1. The molecule has 138 valence electrons. The number of hydrogen-bond acceptors (Lipinski definition) is 5. The van der Waals surface area contributed by atoms with Crippen molar-refractivity contribution in [2.75, 3.05) is 6.54 Å². The van der Waals surface area contributed by atoms with Crippen molar-refractivity contribution < 1.29 is 9.21 Å². The van der Waals surface area contributed by atoms with Gasteiger partial charge in [0.15, 0.2) is 0 Å². The number of aromatic nitrogens is 3. The van der Waals surface area contributed by atoms with E-state index in [1.54, 1.807) is 11.3 Å². The number of rotatable bonds is 7. The summed E-state index contributed by atoms with van der Waals surface area (Å²) in [6.45, 7) is 3.27. The molecule has 0 aliphatic rings. The van der Waals surface area contributed by atoms with E-state index in [4.69, 9.17) is 4.42 Å². The third kappa shape index (κ3) is 3.93. The van der Waals surface area contributed by atoms with Gasteiger partial charge in [0.05, 0.1) is 34.4 Å². The topological polar surface area (TPSA) is 73.0 Å². The van der Waals surface area contributed by atoms with E-state index in [0.717, 1.165) is 28.9 Å². The minimum atomic E-state index is -0.0420. The molecule has 1 aromatic carbocycles. The molecule has 0 radical (unpaired) electrons. The van der Waals surface area contributed by atoms with Gasteiger partial charge in [-0.05, 0) is 36.9 Å². The minimum Gasteiger partial charge on any atom is -0.440 e. The van der Waals surface area contributed by atoms with Gasteiger partial charge in [0.25, 0.3) is 0 Å². The first kappa shape index (κ1) is 17.5. The highest BCUT2D eigenvalue weighted by Gasteiger charge is 2.15. The van der Waals surface area contributed by atoms with Gasteiger partial charge in [0.2, 0.25) is 11.8 Å². The molecule has 0 saturated heterocycles. The average Bonchev–Trinajstić information content (AvgIpc) is 3.40. The molecule has 4 rings (SSSR count). The Morgan fingerprint density at radius 1 is 1.26 bits per heavy atom. The van der Waals surface area contributed by atoms with Crippen molar-refractivity contribution in [1.82, 2.24) is 19.9 Å². The fraction of sp³-hybridized carbons (Fsp3) is 0.250. The van der Waals surface area contributed by atoms with Crippen molar-refractivity contribution in [3.8, 4) is 10.8 Å². The first-order chi connectivity index (χ1) is 13.2. The summed E-state index contributed by atoms with van der Waals surface area (Å²) in [5.41, 5.74) is 2.80. The molecule has 7 heteroatoms. The monoisotopic (exact) mass is 380 g/mol. The lowest BCUT2D eigenvalue weighted by Crippen LogP contribution is -2.27. The summed E-state index contributed by atoms with van der Waals surface area (Å²) in [5, 5.41) is 4.94. The van der Waals surface area contributed by atoms with Crippen LogP contribution in [0.25, 0.3) is 21.8 Å². The van der Waals surface area contributed by atoms with Gasteiger partial charge in [-0.1, -0.05) is 18.2 Å². The maximum atomic E-state index is 12.2. The molecule has 6 nitrogen and oxygen atoms in total. The maximum Gasteiger partial charge on any atom is 0.236 e. The predicted octanol–water partition coefficient (Wildman–Crippen LogP) is 3.81. The predicted molar refractivity (Wildman–Crippen MR) is 106 cm³/mol. The van der Waals surface area contributed by atoms with Gasteiger partial charge in [-0.15, -0.1) is 11.3 Å². The normalized spacial score (nSPS) is 11.1. The van der Waals surface area contributed by atoms with Crippen molar-refractivity contribution in [2.24, 2.45) is 0 Å². The lowest BCUT2D eigenvalue weighted by Gasteiger charge is -2.06. The summed E-state index contributed by atoms with van der Waals surface area (Å²) >= 11 is 1.57. The summed E-state index contributed by atoms with van der Waals surface area (Å²) in [6, 6.07) is 12.0. The van der Waals surface area contributed by atoms with Crippen LogP contribution in [0.4, 0.5) is 0 Å². The quantitative estimate of drug-likeness (QED) is 0.495. The van der Waals surface area contributed by atoms with Gasteiger partial charge in [0, 0.05) is 13.1 Å². The second-order valence-corrected chi connectivity index (χ2v) is 7.25. The van der Waals surface area contributed by atoms with E-state index in [2.05, 4.69) is 25.9 Å². The number of nitrogens with zero attached hydrogens (tertiary/aromatic N) is 3. The van der Waals surface area contributed by atoms with Crippen LogP contribution in [0, 0.1) is 6.92 Å². The molecule has 4 aromatic rings. The molecule has 0 unspecified atom stereocenters. The standard InChI is InChI=1S/C20H20N4O2S/c1-14-16(23-20(26-14)18-8-4-11-27-18)12-19(25)21-9-5-10-24-13-22-15-6-2-3-7-17(15)24/h2-4,6-8,11,13H,5,9-10,12H2,1H3,(H,21,25). The smallest absolute Gasteiger partial charge is 0.236 e. The molecule has 1 N–H and O–H groups in total.